The van der Waals surface area contributed by atoms with Gasteiger partial charge in [0.1, 0.15) is 11.6 Å². The van der Waals surface area contributed by atoms with Gasteiger partial charge in [0, 0.05) is 23.3 Å². The second kappa shape index (κ2) is 8.87. The van der Waals surface area contributed by atoms with Crippen LogP contribution in [0.4, 0.5) is 5.95 Å². The monoisotopic (exact) mass is 421 g/mol. The number of aromatic nitrogens is 3. The molecule has 2 heterocycles. The summed E-state index contributed by atoms with van der Waals surface area (Å²) in [4.78, 5) is 21.2. The van der Waals surface area contributed by atoms with Crippen LogP contribution in [0, 0.1) is 0 Å². The molecule has 1 amide bonds. The first kappa shape index (κ1) is 21.2. The summed E-state index contributed by atoms with van der Waals surface area (Å²) in [6.45, 7) is 1.95. The molecule has 7 nitrogen and oxygen atoms in total. The molecule has 0 aliphatic carbocycles. The van der Waals surface area contributed by atoms with Crippen molar-refractivity contribution in [2.75, 3.05) is 12.8 Å². The lowest BCUT2D eigenvalue weighted by molar-refractivity contribution is 0.0941. The van der Waals surface area contributed by atoms with Crippen LogP contribution in [0.3, 0.4) is 0 Å². The number of benzene rings is 2. The number of nitrogen functional groups attached to an aromatic ring is 1. The van der Waals surface area contributed by atoms with Crippen molar-refractivity contribution in [1.82, 2.24) is 19.9 Å². The van der Waals surface area contributed by atoms with E-state index in [1.807, 2.05) is 66.2 Å². The predicted octanol–water partition coefficient (Wildman–Crippen LogP) is 3.62. The molecule has 4 rings (SSSR count). The molecule has 2 aromatic carbocycles. The number of anilines is 1. The molecule has 0 saturated carbocycles. The molecule has 0 unspecified atom stereocenters. The van der Waals surface area contributed by atoms with Gasteiger partial charge in [0.25, 0.3) is 5.91 Å². The number of carbonyl (C=O) groups excluding carboxylic acids is 1. The van der Waals surface area contributed by atoms with Gasteiger partial charge < -0.3 is 20.4 Å². The molecule has 0 radical (unpaired) electrons. The fourth-order valence-electron chi connectivity index (χ4n) is 3.33. The first-order valence-corrected chi connectivity index (χ1v) is 9.20. The second-order valence-electron chi connectivity index (χ2n) is 6.67. The zero-order chi connectivity index (χ0) is 20.4. The molecule has 1 atom stereocenters. The van der Waals surface area contributed by atoms with E-state index in [0.29, 0.717) is 11.4 Å². The Morgan fingerprint density at radius 3 is 2.73 bits per heavy atom. The van der Waals surface area contributed by atoms with Crippen molar-refractivity contribution < 1.29 is 9.53 Å². The Morgan fingerprint density at radius 1 is 1.17 bits per heavy atom. The van der Waals surface area contributed by atoms with Gasteiger partial charge in [0.2, 0.25) is 5.95 Å². The predicted molar refractivity (Wildman–Crippen MR) is 123 cm³/mol. The molecule has 2 aromatic heterocycles. The van der Waals surface area contributed by atoms with Gasteiger partial charge in [-0.2, -0.15) is 18.5 Å². The molecule has 0 aliphatic rings. The normalized spacial score (nSPS) is 11.5. The summed E-state index contributed by atoms with van der Waals surface area (Å²) >= 11 is 0. The third-order valence-electron chi connectivity index (χ3n) is 4.83. The third kappa shape index (κ3) is 4.08. The van der Waals surface area contributed by atoms with Crippen LogP contribution in [0.5, 0.6) is 5.75 Å². The van der Waals surface area contributed by atoms with E-state index in [2.05, 4.69) is 15.3 Å². The number of methoxy groups -OCH3 is 1. The number of amides is 1. The lowest BCUT2D eigenvalue weighted by atomic mass is 10.1. The molecule has 8 heteroatoms. The molecule has 154 valence electrons. The highest BCUT2D eigenvalue weighted by molar-refractivity contribution is 7.59. The second-order valence-corrected chi connectivity index (χ2v) is 6.67. The van der Waals surface area contributed by atoms with Crippen molar-refractivity contribution in [3.8, 4) is 11.6 Å². The van der Waals surface area contributed by atoms with Crippen LogP contribution in [0.25, 0.3) is 16.7 Å². The van der Waals surface area contributed by atoms with Gasteiger partial charge in [-0.15, -0.1) is 0 Å². The number of carbonyl (C=O) groups is 1. The maximum Gasteiger partial charge on any atom is 0.252 e. The molecule has 0 bridgehead atoms. The topological polar surface area (TPSA) is 95.1 Å². The largest absolute Gasteiger partial charge is 0.497 e. The van der Waals surface area contributed by atoms with Gasteiger partial charge >= 0.3 is 0 Å². The highest BCUT2D eigenvalue weighted by atomic mass is 32.1. The number of nitrogens with zero attached hydrogens (tertiary/aromatic N) is 3. The lowest BCUT2D eigenvalue weighted by Gasteiger charge is -2.16. The van der Waals surface area contributed by atoms with Crippen LogP contribution in [-0.2, 0) is 0 Å². The van der Waals surface area contributed by atoms with Gasteiger partial charge in [-0.1, -0.05) is 18.2 Å². The minimum Gasteiger partial charge on any atom is -0.497 e. The van der Waals surface area contributed by atoms with E-state index in [1.54, 1.807) is 19.4 Å². The van der Waals surface area contributed by atoms with Crippen LogP contribution in [0.1, 0.15) is 28.9 Å². The van der Waals surface area contributed by atoms with Crippen LogP contribution < -0.4 is 15.8 Å². The van der Waals surface area contributed by atoms with E-state index in [0.717, 1.165) is 22.2 Å². The van der Waals surface area contributed by atoms with E-state index in [9.17, 15) is 4.79 Å². The van der Waals surface area contributed by atoms with E-state index in [4.69, 9.17) is 10.5 Å². The fraction of sp³-hybridized carbons (Fsp3) is 0.136. The fourth-order valence-corrected chi connectivity index (χ4v) is 3.33. The molecule has 0 fully saturated rings. The highest BCUT2D eigenvalue weighted by Gasteiger charge is 2.16. The van der Waals surface area contributed by atoms with Gasteiger partial charge in [0.15, 0.2) is 0 Å². The Morgan fingerprint density at radius 2 is 1.97 bits per heavy atom. The molecular formula is C22H23N5O2S. The average molecular weight is 422 g/mol. The quantitative estimate of drug-likeness (QED) is 0.513. The average Bonchev–Trinajstić information content (AvgIpc) is 3.18. The van der Waals surface area contributed by atoms with Gasteiger partial charge in [-0.25, -0.2) is 4.98 Å². The Kier molecular flexibility index (Phi) is 6.27. The van der Waals surface area contributed by atoms with Crippen molar-refractivity contribution >= 4 is 36.3 Å². The standard InChI is InChI=1S/C22H21N5O2.H2S/c1-14(15-5-3-6-16(13-15)29-2)25-21(28)18-7-4-8-19-17(18)10-12-27(19)20-9-11-24-22(23)26-20;/h3-14H,1-2H3,(H,25,28)(H2,23,24,26);1H2/t14-;/m0./s1. The summed E-state index contributed by atoms with van der Waals surface area (Å²) in [7, 11) is 1.62. The van der Waals surface area contributed by atoms with Crippen molar-refractivity contribution in [1.29, 1.82) is 0 Å². The maximum absolute atomic E-state index is 13.0. The minimum atomic E-state index is -0.170. The van der Waals surface area contributed by atoms with Gasteiger partial charge in [-0.05, 0) is 48.9 Å². The Labute approximate surface area is 181 Å². The van der Waals surface area contributed by atoms with E-state index >= 15 is 0 Å². The van der Waals surface area contributed by atoms with Crippen LogP contribution in [0.2, 0.25) is 0 Å². The van der Waals surface area contributed by atoms with Gasteiger partial charge in [0.05, 0.1) is 18.7 Å². The summed E-state index contributed by atoms with van der Waals surface area (Å²) in [6, 6.07) is 16.8. The van der Waals surface area contributed by atoms with Gasteiger partial charge in [-0.3, -0.25) is 4.79 Å². The third-order valence-corrected chi connectivity index (χ3v) is 4.83. The molecule has 3 N–H and O–H groups in total. The minimum absolute atomic E-state index is 0. The summed E-state index contributed by atoms with van der Waals surface area (Å²) in [6.07, 6.45) is 3.48. The van der Waals surface area contributed by atoms with Crippen LogP contribution in [0.15, 0.2) is 67.0 Å². The molecule has 0 saturated heterocycles. The van der Waals surface area contributed by atoms with Crippen LogP contribution >= 0.6 is 13.5 Å². The number of ether oxygens (including phenoxy) is 1. The van der Waals surface area contributed by atoms with E-state index in [-0.39, 0.29) is 31.4 Å². The number of hydrogen-bond donors (Lipinski definition) is 2. The number of hydrogen-bond acceptors (Lipinski definition) is 5. The van der Waals surface area contributed by atoms with Crippen molar-refractivity contribution in [2.24, 2.45) is 0 Å². The highest BCUT2D eigenvalue weighted by Crippen LogP contribution is 2.24. The first-order valence-electron chi connectivity index (χ1n) is 9.20. The number of nitrogens with one attached hydrogen (secondary N) is 1. The Balaban J connectivity index is 0.00000256. The summed E-state index contributed by atoms with van der Waals surface area (Å²) < 4.78 is 7.16. The molecule has 30 heavy (non-hydrogen) atoms. The molecule has 0 aliphatic heterocycles. The number of rotatable bonds is 5. The smallest absolute Gasteiger partial charge is 0.252 e. The molecular weight excluding hydrogens is 398 g/mol. The zero-order valence-electron chi connectivity index (χ0n) is 16.7. The number of nitrogens with two attached hydrogens (primary N) is 1. The maximum atomic E-state index is 13.0. The van der Waals surface area contributed by atoms with E-state index < -0.39 is 0 Å². The number of fused-ring (bicyclic) bond motifs is 1. The van der Waals surface area contributed by atoms with Crippen molar-refractivity contribution in [3.05, 3.63) is 78.1 Å². The zero-order valence-corrected chi connectivity index (χ0v) is 17.7. The first-order chi connectivity index (χ1) is 14.1. The molecule has 4 aromatic rings. The SMILES string of the molecule is COc1cccc([C@H](C)NC(=O)c2cccc3c2ccn3-c2ccnc(N)n2)c1.S. The van der Waals surface area contributed by atoms with E-state index in [1.165, 1.54) is 0 Å². The Hall–Kier alpha value is -3.52. The lowest BCUT2D eigenvalue weighted by Crippen LogP contribution is -2.26. The van der Waals surface area contributed by atoms with Crippen molar-refractivity contribution in [3.63, 3.8) is 0 Å². The summed E-state index contributed by atoms with van der Waals surface area (Å²) in [5, 5.41) is 3.90. The Bertz CT molecular complexity index is 1190. The summed E-state index contributed by atoms with van der Waals surface area (Å²) in [5.74, 6) is 1.46. The van der Waals surface area contributed by atoms with Crippen molar-refractivity contribution in [2.45, 2.75) is 13.0 Å². The van der Waals surface area contributed by atoms with Crippen LogP contribution in [-0.4, -0.2) is 27.6 Å². The molecule has 0 spiro atoms. The summed E-state index contributed by atoms with van der Waals surface area (Å²) in [5.41, 5.74) is 8.14.